The van der Waals surface area contributed by atoms with Crippen LogP contribution in [0.1, 0.15) is 23.2 Å². The van der Waals surface area contributed by atoms with Crippen molar-refractivity contribution in [2.75, 3.05) is 18.2 Å². The Bertz CT molecular complexity index is 937. The first-order valence-corrected chi connectivity index (χ1v) is 10.6. The summed E-state index contributed by atoms with van der Waals surface area (Å²) < 4.78 is 5.09. The summed E-state index contributed by atoms with van der Waals surface area (Å²) in [5.41, 5.74) is 1.23. The molecular weight excluding hydrogens is 402 g/mol. The zero-order valence-corrected chi connectivity index (χ0v) is 17.4. The number of carbonyl (C=O) groups is 3. The molecule has 7 heteroatoms. The van der Waals surface area contributed by atoms with Gasteiger partial charge in [0.15, 0.2) is 5.78 Å². The molecule has 6 nitrogen and oxygen atoms in total. The largest absolute Gasteiger partial charge is 0.497 e. The summed E-state index contributed by atoms with van der Waals surface area (Å²) in [5.74, 6) is -1.50. The third-order valence-electron chi connectivity index (χ3n) is 4.99. The Morgan fingerprint density at radius 2 is 1.63 bits per heavy atom. The Morgan fingerprint density at radius 3 is 2.23 bits per heavy atom. The molecule has 3 rings (SSSR count). The van der Waals surface area contributed by atoms with E-state index in [0.717, 1.165) is 4.90 Å². The van der Waals surface area contributed by atoms with Crippen LogP contribution in [0.4, 0.5) is 5.69 Å². The second kappa shape index (κ2) is 10.1. The molecule has 0 saturated carbocycles. The number of hydrogen-bond donors (Lipinski definition) is 2. The van der Waals surface area contributed by atoms with E-state index in [0.29, 0.717) is 35.6 Å². The monoisotopic (exact) mass is 425 g/mol. The number of ether oxygens (including phenoxy) is 1. The van der Waals surface area contributed by atoms with Gasteiger partial charge in [-0.05, 0) is 61.4 Å². The Hall–Kier alpha value is -3.06. The van der Waals surface area contributed by atoms with Crippen LogP contribution in [0.3, 0.4) is 0 Å². The van der Waals surface area contributed by atoms with Crippen molar-refractivity contribution in [2.24, 2.45) is 11.8 Å². The minimum atomic E-state index is -0.951. The van der Waals surface area contributed by atoms with Gasteiger partial charge < -0.3 is 15.2 Å². The Labute approximate surface area is 179 Å². The van der Waals surface area contributed by atoms with E-state index in [1.165, 1.54) is 11.8 Å². The van der Waals surface area contributed by atoms with Crippen LogP contribution >= 0.6 is 11.8 Å². The van der Waals surface area contributed by atoms with Crippen LogP contribution in [-0.4, -0.2) is 35.6 Å². The van der Waals surface area contributed by atoms with E-state index >= 15 is 0 Å². The highest BCUT2D eigenvalue weighted by Crippen LogP contribution is 2.28. The maximum absolute atomic E-state index is 12.5. The number of methoxy groups -OCH3 is 1. The molecule has 0 spiro atoms. The maximum atomic E-state index is 12.5. The average Bonchev–Trinajstić information content (AvgIpc) is 2.78. The molecule has 1 aliphatic carbocycles. The number of hydrogen-bond acceptors (Lipinski definition) is 5. The number of aliphatic carboxylic acids is 1. The number of carboxylic acids is 1. The lowest BCUT2D eigenvalue weighted by Crippen LogP contribution is -2.34. The van der Waals surface area contributed by atoms with Gasteiger partial charge in [0, 0.05) is 16.1 Å². The van der Waals surface area contributed by atoms with E-state index in [1.807, 2.05) is 24.3 Å². The van der Waals surface area contributed by atoms with Gasteiger partial charge in [0.1, 0.15) is 5.75 Å². The molecule has 30 heavy (non-hydrogen) atoms. The Kier molecular flexibility index (Phi) is 7.30. The SMILES string of the molecule is COc1ccc(C(=O)CSc2ccc(NC(=O)C3CC=CCC3C(=O)O)cc2)cc1. The second-order valence-corrected chi connectivity index (χ2v) is 8.00. The zero-order chi connectivity index (χ0) is 21.5. The third-order valence-corrected chi connectivity index (χ3v) is 6.00. The van der Waals surface area contributed by atoms with Gasteiger partial charge in [-0.2, -0.15) is 0 Å². The molecule has 2 aromatic carbocycles. The van der Waals surface area contributed by atoms with Crippen LogP contribution in [0, 0.1) is 11.8 Å². The molecule has 2 atom stereocenters. The smallest absolute Gasteiger partial charge is 0.307 e. The van der Waals surface area contributed by atoms with Crippen molar-refractivity contribution >= 4 is 35.1 Å². The number of thioether (sulfide) groups is 1. The van der Waals surface area contributed by atoms with Crippen LogP contribution < -0.4 is 10.1 Å². The number of nitrogens with one attached hydrogen (secondary N) is 1. The molecule has 1 amide bonds. The predicted octanol–water partition coefficient (Wildman–Crippen LogP) is 4.28. The molecule has 2 aromatic rings. The van der Waals surface area contributed by atoms with Crippen molar-refractivity contribution in [3.63, 3.8) is 0 Å². The van der Waals surface area contributed by atoms with E-state index in [1.54, 1.807) is 43.5 Å². The minimum Gasteiger partial charge on any atom is -0.497 e. The topological polar surface area (TPSA) is 92.7 Å². The number of carboxylic acid groups (broad SMARTS) is 1. The molecule has 2 N–H and O–H groups in total. The highest BCUT2D eigenvalue weighted by Gasteiger charge is 2.33. The first-order chi connectivity index (χ1) is 14.5. The van der Waals surface area contributed by atoms with E-state index in [-0.39, 0.29) is 11.7 Å². The lowest BCUT2D eigenvalue weighted by molar-refractivity contribution is -0.146. The molecule has 2 unspecified atom stereocenters. The van der Waals surface area contributed by atoms with Crippen molar-refractivity contribution in [2.45, 2.75) is 17.7 Å². The fraction of sp³-hybridized carbons (Fsp3) is 0.261. The van der Waals surface area contributed by atoms with E-state index in [9.17, 15) is 19.5 Å². The first kappa shape index (κ1) is 21.6. The zero-order valence-electron chi connectivity index (χ0n) is 16.5. The molecule has 1 aliphatic rings. The second-order valence-electron chi connectivity index (χ2n) is 6.95. The summed E-state index contributed by atoms with van der Waals surface area (Å²) in [5, 5.41) is 12.1. The highest BCUT2D eigenvalue weighted by molar-refractivity contribution is 8.00. The van der Waals surface area contributed by atoms with E-state index in [4.69, 9.17) is 4.74 Å². The Morgan fingerprint density at radius 1 is 1.00 bits per heavy atom. The van der Waals surface area contributed by atoms with Gasteiger partial charge in [-0.1, -0.05) is 12.2 Å². The normalized spacial score (nSPS) is 17.9. The van der Waals surface area contributed by atoms with Crippen LogP contribution in [0.2, 0.25) is 0 Å². The van der Waals surface area contributed by atoms with Gasteiger partial charge >= 0.3 is 5.97 Å². The number of amides is 1. The number of ketones is 1. The third kappa shape index (κ3) is 5.51. The number of allylic oxidation sites excluding steroid dienone is 2. The number of benzene rings is 2. The van der Waals surface area contributed by atoms with E-state index in [2.05, 4.69) is 5.32 Å². The number of rotatable bonds is 8. The van der Waals surface area contributed by atoms with Crippen molar-refractivity contribution < 1.29 is 24.2 Å². The number of carbonyl (C=O) groups excluding carboxylic acids is 2. The summed E-state index contributed by atoms with van der Waals surface area (Å²) in [6, 6.07) is 14.2. The van der Waals surface area contributed by atoms with E-state index < -0.39 is 17.8 Å². The van der Waals surface area contributed by atoms with Crippen LogP contribution in [0.5, 0.6) is 5.75 Å². The number of anilines is 1. The lowest BCUT2D eigenvalue weighted by Gasteiger charge is -2.24. The maximum Gasteiger partial charge on any atom is 0.307 e. The first-order valence-electron chi connectivity index (χ1n) is 9.56. The van der Waals surface area contributed by atoms with Crippen molar-refractivity contribution in [1.82, 2.24) is 0 Å². The molecule has 0 radical (unpaired) electrons. The Balaban J connectivity index is 1.54. The summed E-state index contributed by atoms with van der Waals surface area (Å²) >= 11 is 1.41. The summed E-state index contributed by atoms with van der Waals surface area (Å²) in [6.07, 6.45) is 4.44. The predicted molar refractivity (Wildman–Crippen MR) is 116 cm³/mol. The molecule has 0 fully saturated rings. The van der Waals surface area contributed by atoms with Gasteiger partial charge in [-0.15, -0.1) is 11.8 Å². The summed E-state index contributed by atoms with van der Waals surface area (Å²) in [4.78, 5) is 37.1. The van der Waals surface area contributed by atoms with Crippen molar-refractivity contribution in [3.8, 4) is 5.75 Å². The van der Waals surface area contributed by atoms with Crippen molar-refractivity contribution in [3.05, 3.63) is 66.2 Å². The van der Waals surface area contributed by atoms with Crippen LogP contribution in [0.25, 0.3) is 0 Å². The number of Topliss-reactive ketones (excluding diaryl/α,β-unsaturated/α-hetero) is 1. The van der Waals surface area contributed by atoms with Crippen LogP contribution in [-0.2, 0) is 9.59 Å². The molecule has 0 aliphatic heterocycles. The van der Waals surface area contributed by atoms with Crippen molar-refractivity contribution in [1.29, 1.82) is 0 Å². The van der Waals surface area contributed by atoms with Gasteiger partial charge in [-0.3, -0.25) is 14.4 Å². The average molecular weight is 426 g/mol. The summed E-state index contributed by atoms with van der Waals surface area (Å²) in [6.45, 7) is 0. The van der Waals surface area contributed by atoms with Gasteiger partial charge in [0.25, 0.3) is 0 Å². The molecule has 156 valence electrons. The fourth-order valence-electron chi connectivity index (χ4n) is 3.26. The van der Waals surface area contributed by atoms with Gasteiger partial charge in [0.2, 0.25) is 5.91 Å². The fourth-order valence-corrected chi connectivity index (χ4v) is 4.05. The van der Waals surface area contributed by atoms with Crippen LogP contribution in [0.15, 0.2) is 65.6 Å². The molecule has 0 heterocycles. The minimum absolute atomic E-state index is 0.0186. The quantitative estimate of drug-likeness (QED) is 0.373. The van der Waals surface area contributed by atoms with Gasteiger partial charge in [-0.25, -0.2) is 0 Å². The van der Waals surface area contributed by atoms with Gasteiger partial charge in [0.05, 0.1) is 24.7 Å². The molecule has 0 bridgehead atoms. The standard InChI is InChI=1S/C23H23NO5S/c1-29-17-10-6-15(7-11-17)21(25)14-30-18-12-8-16(9-13-18)24-22(26)19-4-2-3-5-20(19)23(27)28/h2-3,6-13,19-20H,4-5,14H2,1H3,(H,24,26)(H,27,28). The molecule has 0 aromatic heterocycles. The summed E-state index contributed by atoms with van der Waals surface area (Å²) in [7, 11) is 1.58. The highest BCUT2D eigenvalue weighted by atomic mass is 32.2. The molecular formula is C23H23NO5S. The lowest BCUT2D eigenvalue weighted by atomic mass is 9.82. The molecule has 0 saturated heterocycles.